The third-order valence-electron chi connectivity index (χ3n) is 5.34. The number of anilines is 2. The standard InChI is InChI=1S/C23H25N5O2/c1-17-4-2-10-24-23(17)27-21-15-19(25-16-26-21)14-18-8-11-28(12-9-18)22(29)7-6-20-5-3-13-30-20/h2-7,10,13,15-16,18H,8-9,11-12,14H2,1H3,(H,24,25,26,27)/b7-6+. The Balaban J connectivity index is 1.30. The van der Waals surface area contributed by atoms with Crippen LogP contribution in [-0.4, -0.2) is 38.8 Å². The average Bonchev–Trinajstić information content (AvgIpc) is 3.28. The fourth-order valence-electron chi connectivity index (χ4n) is 3.61. The number of likely N-dealkylation sites (tertiary alicyclic amines) is 1. The van der Waals surface area contributed by atoms with Crippen LogP contribution in [-0.2, 0) is 11.2 Å². The zero-order valence-electron chi connectivity index (χ0n) is 17.0. The predicted molar refractivity (Wildman–Crippen MR) is 115 cm³/mol. The summed E-state index contributed by atoms with van der Waals surface area (Å²) in [5.41, 5.74) is 2.07. The summed E-state index contributed by atoms with van der Waals surface area (Å²) in [6.07, 6.45) is 11.1. The Morgan fingerprint density at radius 2 is 2.10 bits per heavy atom. The second kappa shape index (κ2) is 9.35. The molecule has 0 saturated carbocycles. The summed E-state index contributed by atoms with van der Waals surface area (Å²) >= 11 is 0. The number of pyridine rings is 1. The Bertz CT molecular complexity index is 1010. The van der Waals surface area contributed by atoms with Crippen molar-refractivity contribution < 1.29 is 9.21 Å². The van der Waals surface area contributed by atoms with Crippen molar-refractivity contribution in [3.63, 3.8) is 0 Å². The second-order valence-corrected chi connectivity index (χ2v) is 7.51. The van der Waals surface area contributed by atoms with E-state index in [0.717, 1.165) is 55.2 Å². The van der Waals surface area contributed by atoms with Crippen LogP contribution in [0.5, 0.6) is 0 Å². The van der Waals surface area contributed by atoms with Gasteiger partial charge in [0.1, 0.15) is 23.7 Å². The van der Waals surface area contributed by atoms with Gasteiger partial charge in [-0.25, -0.2) is 15.0 Å². The Morgan fingerprint density at radius 1 is 1.23 bits per heavy atom. The molecule has 1 aliphatic rings. The van der Waals surface area contributed by atoms with E-state index in [2.05, 4.69) is 20.3 Å². The number of aryl methyl sites for hydroxylation is 1. The first kappa shape index (κ1) is 19.8. The van der Waals surface area contributed by atoms with Gasteiger partial charge in [-0.3, -0.25) is 4.79 Å². The highest BCUT2D eigenvalue weighted by Crippen LogP contribution is 2.23. The minimum Gasteiger partial charge on any atom is -0.465 e. The average molecular weight is 403 g/mol. The van der Waals surface area contributed by atoms with Crippen molar-refractivity contribution in [3.05, 3.63) is 72.2 Å². The molecule has 4 heterocycles. The Kier molecular flexibility index (Phi) is 6.17. The highest BCUT2D eigenvalue weighted by Gasteiger charge is 2.22. The number of rotatable bonds is 6. The molecule has 30 heavy (non-hydrogen) atoms. The molecule has 1 N–H and O–H groups in total. The van der Waals surface area contributed by atoms with Crippen molar-refractivity contribution in [2.24, 2.45) is 5.92 Å². The van der Waals surface area contributed by atoms with E-state index in [1.165, 1.54) is 0 Å². The molecule has 4 rings (SSSR count). The third-order valence-corrected chi connectivity index (χ3v) is 5.34. The minimum absolute atomic E-state index is 0.0316. The number of carbonyl (C=O) groups is 1. The zero-order valence-corrected chi connectivity index (χ0v) is 17.0. The van der Waals surface area contributed by atoms with Crippen molar-refractivity contribution >= 4 is 23.6 Å². The molecule has 0 spiro atoms. The van der Waals surface area contributed by atoms with Crippen molar-refractivity contribution in [1.29, 1.82) is 0 Å². The molecule has 0 aromatic carbocycles. The lowest BCUT2D eigenvalue weighted by Gasteiger charge is -2.31. The highest BCUT2D eigenvalue weighted by molar-refractivity contribution is 5.91. The lowest BCUT2D eigenvalue weighted by Crippen LogP contribution is -2.38. The first-order valence-corrected chi connectivity index (χ1v) is 10.2. The molecule has 3 aromatic rings. The van der Waals surface area contributed by atoms with E-state index in [4.69, 9.17) is 4.42 Å². The summed E-state index contributed by atoms with van der Waals surface area (Å²) < 4.78 is 5.23. The summed E-state index contributed by atoms with van der Waals surface area (Å²) in [5.74, 6) is 2.77. The molecule has 0 bridgehead atoms. The number of furan rings is 1. The van der Waals surface area contributed by atoms with Crippen LogP contribution in [0, 0.1) is 12.8 Å². The number of piperidine rings is 1. The third kappa shape index (κ3) is 5.11. The van der Waals surface area contributed by atoms with Gasteiger partial charge in [0.2, 0.25) is 5.91 Å². The molecule has 0 atom stereocenters. The van der Waals surface area contributed by atoms with Crippen LogP contribution in [0.2, 0.25) is 0 Å². The molecule has 7 nitrogen and oxygen atoms in total. The Morgan fingerprint density at radius 3 is 2.87 bits per heavy atom. The number of amides is 1. The molecule has 0 radical (unpaired) electrons. The van der Waals surface area contributed by atoms with Gasteiger partial charge in [-0.1, -0.05) is 6.07 Å². The maximum atomic E-state index is 12.4. The fourth-order valence-corrected chi connectivity index (χ4v) is 3.61. The minimum atomic E-state index is 0.0316. The molecule has 1 fully saturated rings. The van der Waals surface area contributed by atoms with Gasteiger partial charge in [-0.15, -0.1) is 0 Å². The maximum Gasteiger partial charge on any atom is 0.246 e. The molecule has 1 amide bonds. The largest absolute Gasteiger partial charge is 0.465 e. The first-order chi connectivity index (χ1) is 14.7. The number of carbonyl (C=O) groups excluding carboxylic acids is 1. The molecule has 0 aliphatic carbocycles. The molecular weight excluding hydrogens is 378 g/mol. The van der Waals surface area contributed by atoms with E-state index in [1.54, 1.807) is 37.0 Å². The first-order valence-electron chi connectivity index (χ1n) is 10.2. The van der Waals surface area contributed by atoms with Crippen LogP contribution < -0.4 is 5.32 Å². The summed E-state index contributed by atoms with van der Waals surface area (Å²) in [6, 6.07) is 9.54. The molecule has 7 heteroatoms. The molecule has 1 aliphatic heterocycles. The van der Waals surface area contributed by atoms with Crippen LogP contribution in [0.3, 0.4) is 0 Å². The summed E-state index contributed by atoms with van der Waals surface area (Å²) in [5, 5.41) is 3.27. The highest BCUT2D eigenvalue weighted by atomic mass is 16.3. The molecule has 0 unspecified atom stereocenters. The van der Waals surface area contributed by atoms with Gasteiger partial charge < -0.3 is 14.6 Å². The summed E-state index contributed by atoms with van der Waals surface area (Å²) in [6.45, 7) is 3.53. The van der Waals surface area contributed by atoms with E-state index >= 15 is 0 Å². The fraction of sp³-hybridized carbons (Fsp3) is 0.304. The van der Waals surface area contributed by atoms with E-state index in [1.807, 2.05) is 36.1 Å². The number of nitrogens with zero attached hydrogens (tertiary/aromatic N) is 4. The van der Waals surface area contributed by atoms with Crippen LogP contribution in [0.1, 0.15) is 29.9 Å². The molecule has 154 valence electrons. The summed E-state index contributed by atoms with van der Waals surface area (Å²) in [7, 11) is 0. The molecular formula is C23H25N5O2. The van der Waals surface area contributed by atoms with Gasteiger partial charge in [0, 0.05) is 37.1 Å². The zero-order chi connectivity index (χ0) is 20.8. The van der Waals surface area contributed by atoms with Gasteiger partial charge in [0.15, 0.2) is 0 Å². The van der Waals surface area contributed by atoms with Gasteiger partial charge in [-0.05, 0) is 61.9 Å². The van der Waals surface area contributed by atoms with Gasteiger partial charge in [0.05, 0.1) is 6.26 Å². The Hall–Kier alpha value is -3.48. The van der Waals surface area contributed by atoms with Gasteiger partial charge in [-0.2, -0.15) is 0 Å². The lowest BCUT2D eigenvalue weighted by atomic mass is 9.92. The van der Waals surface area contributed by atoms with Gasteiger partial charge >= 0.3 is 0 Å². The number of hydrogen-bond donors (Lipinski definition) is 1. The Labute approximate surface area is 175 Å². The van der Waals surface area contributed by atoms with Crippen molar-refractivity contribution in [2.75, 3.05) is 18.4 Å². The van der Waals surface area contributed by atoms with E-state index in [9.17, 15) is 4.79 Å². The topological polar surface area (TPSA) is 84.2 Å². The number of hydrogen-bond acceptors (Lipinski definition) is 6. The monoisotopic (exact) mass is 403 g/mol. The van der Waals surface area contributed by atoms with E-state index in [-0.39, 0.29) is 5.91 Å². The van der Waals surface area contributed by atoms with Crippen molar-refractivity contribution in [3.8, 4) is 0 Å². The van der Waals surface area contributed by atoms with Crippen LogP contribution in [0.25, 0.3) is 6.08 Å². The lowest BCUT2D eigenvalue weighted by molar-refractivity contribution is -0.127. The SMILES string of the molecule is Cc1cccnc1Nc1cc(CC2CCN(C(=O)/C=C/c3ccco3)CC2)ncn1. The molecule has 1 saturated heterocycles. The van der Waals surface area contributed by atoms with Gasteiger partial charge in [0.25, 0.3) is 0 Å². The number of nitrogens with one attached hydrogen (secondary N) is 1. The quantitative estimate of drug-likeness (QED) is 0.626. The predicted octanol–water partition coefficient (Wildman–Crippen LogP) is 4.01. The van der Waals surface area contributed by atoms with E-state index < -0.39 is 0 Å². The summed E-state index contributed by atoms with van der Waals surface area (Å²) in [4.78, 5) is 27.4. The maximum absolute atomic E-state index is 12.4. The smallest absolute Gasteiger partial charge is 0.246 e. The van der Waals surface area contributed by atoms with Crippen LogP contribution >= 0.6 is 0 Å². The van der Waals surface area contributed by atoms with Crippen molar-refractivity contribution in [2.45, 2.75) is 26.2 Å². The molecule has 3 aromatic heterocycles. The van der Waals surface area contributed by atoms with Crippen molar-refractivity contribution in [1.82, 2.24) is 19.9 Å². The normalized spacial score (nSPS) is 14.9. The number of aromatic nitrogens is 3. The van der Waals surface area contributed by atoms with Crippen LogP contribution in [0.4, 0.5) is 11.6 Å². The van der Waals surface area contributed by atoms with Crippen LogP contribution in [0.15, 0.2) is 59.6 Å². The van der Waals surface area contributed by atoms with E-state index in [0.29, 0.717) is 11.7 Å². The second-order valence-electron chi connectivity index (χ2n) is 7.51.